The van der Waals surface area contributed by atoms with Gasteiger partial charge in [-0.2, -0.15) is 13.2 Å². The van der Waals surface area contributed by atoms with Crippen LogP contribution in [-0.2, 0) is 11.2 Å². The number of rotatable bonds is 5. The van der Waals surface area contributed by atoms with Crippen molar-refractivity contribution in [2.45, 2.75) is 18.6 Å². The maximum absolute atomic E-state index is 11.8. The van der Waals surface area contributed by atoms with Crippen LogP contribution in [0.1, 0.15) is 5.56 Å². The predicted octanol–water partition coefficient (Wildman–Crippen LogP) is 2.29. The van der Waals surface area contributed by atoms with Crippen LogP contribution in [-0.4, -0.2) is 30.4 Å². The minimum atomic E-state index is -4.31. The van der Waals surface area contributed by atoms with E-state index in [0.29, 0.717) is 6.42 Å². The Morgan fingerprint density at radius 2 is 2.12 bits per heavy atom. The molecule has 1 aromatic heterocycles. The molecule has 0 bridgehead atoms. The van der Waals surface area contributed by atoms with Crippen molar-refractivity contribution in [1.82, 2.24) is 4.98 Å². The average Bonchev–Trinajstić information content (AvgIpc) is 2.15. The molecule has 3 nitrogen and oxygen atoms in total. The molecule has 0 radical (unpaired) electrons. The minimum Gasteiger partial charge on any atom is -0.370 e. The molecule has 17 heavy (non-hydrogen) atoms. The summed E-state index contributed by atoms with van der Waals surface area (Å²) >= 11 is 3.25. The molecule has 1 unspecified atom stereocenters. The van der Waals surface area contributed by atoms with Crippen molar-refractivity contribution in [2.75, 3.05) is 13.2 Å². The first kappa shape index (κ1) is 14.4. The van der Waals surface area contributed by atoms with Crippen LogP contribution in [0, 0.1) is 0 Å². The zero-order valence-corrected chi connectivity index (χ0v) is 10.5. The quantitative estimate of drug-likeness (QED) is 0.907. The Bertz CT molecular complexity index is 360. The smallest absolute Gasteiger partial charge is 0.370 e. The number of alkyl halides is 3. The van der Waals surface area contributed by atoms with E-state index in [0.717, 1.165) is 10.0 Å². The minimum absolute atomic E-state index is 0.133. The van der Waals surface area contributed by atoms with Crippen LogP contribution in [0.5, 0.6) is 0 Å². The number of nitrogens with zero attached hydrogens (tertiary/aromatic N) is 1. The Morgan fingerprint density at radius 3 is 2.71 bits per heavy atom. The summed E-state index contributed by atoms with van der Waals surface area (Å²) < 4.78 is 40.7. The second kappa shape index (κ2) is 6.32. The summed E-state index contributed by atoms with van der Waals surface area (Å²) in [6.07, 6.45) is -0.648. The molecule has 1 atom stereocenters. The van der Waals surface area contributed by atoms with Crippen molar-refractivity contribution in [1.29, 1.82) is 0 Å². The molecule has 0 aliphatic carbocycles. The molecule has 0 aliphatic rings. The molecule has 1 heterocycles. The van der Waals surface area contributed by atoms with Gasteiger partial charge < -0.3 is 10.5 Å². The highest BCUT2D eigenvalue weighted by Crippen LogP contribution is 2.15. The lowest BCUT2D eigenvalue weighted by Crippen LogP contribution is -2.31. The van der Waals surface area contributed by atoms with Crippen LogP contribution in [0.25, 0.3) is 0 Å². The second-order valence-electron chi connectivity index (χ2n) is 3.61. The maximum Gasteiger partial charge on any atom is 0.411 e. The van der Waals surface area contributed by atoms with Crippen LogP contribution < -0.4 is 5.73 Å². The SMILES string of the molecule is NC(COCC(F)(F)F)Cc1cncc(Br)c1. The summed E-state index contributed by atoms with van der Waals surface area (Å²) in [5.41, 5.74) is 6.50. The zero-order valence-electron chi connectivity index (χ0n) is 8.88. The molecule has 1 rings (SSSR count). The summed E-state index contributed by atoms with van der Waals surface area (Å²) in [6.45, 7) is -1.40. The summed E-state index contributed by atoms with van der Waals surface area (Å²) in [5, 5.41) is 0. The Labute approximate surface area is 105 Å². The van der Waals surface area contributed by atoms with Gasteiger partial charge in [-0.05, 0) is 34.0 Å². The second-order valence-corrected chi connectivity index (χ2v) is 4.52. The predicted molar refractivity (Wildman–Crippen MR) is 60.5 cm³/mol. The van der Waals surface area contributed by atoms with Gasteiger partial charge in [0.15, 0.2) is 0 Å². The number of halogens is 4. The molecule has 0 saturated carbocycles. The number of ether oxygens (including phenoxy) is 1. The van der Waals surface area contributed by atoms with Crippen molar-refractivity contribution in [3.63, 3.8) is 0 Å². The van der Waals surface area contributed by atoms with E-state index in [1.54, 1.807) is 12.4 Å². The van der Waals surface area contributed by atoms with Crippen LogP contribution in [0.4, 0.5) is 13.2 Å². The molecule has 0 amide bonds. The van der Waals surface area contributed by atoms with E-state index in [1.807, 2.05) is 6.07 Å². The van der Waals surface area contributed by atoms with Gasteiger partial charge in [0, 0.05) is 22.9 Å². The molecular weight excluding hydrogens is 301 g/mol. The van der Waals surface area contributed by atoms with Gasteiger partial charge in [-0.15, -0.1) is 0 Å². The van der Waals surface area contributed by atoms with Gasteiger partial charge in [0.1, 0.15) is 6.61 Å². The summed E-state index contributed by atoms with van der Waals surface area (Å²) in [6, 6.07) is 1.34. The number of nitrogens with two attached hydrogens (primary N) is 1. The fourth-order valence-corrected chi connectivity index (χ4v) is 1.67. The normalized spacial score (nSPS) is 13.7. The van der Waals surface area contributed by atoms with Crippen LogP contribution >= 0.6 is 15.9 Å². The zero-order chi connectivity index (χ0) is 12.9. The molecule has 0 aliphatic heterocycles. The average molecular weight is 313 g/mol. The van der Waals surface area contributed by atoms with Gasteiger partial charge >= 0.3 is 6.18 Å². The lowest BCUT2D eigenvalue weighted by atomic mass is 10.1. The molecule has 1 aromatic rings. The van der Waals surface area contributed by atoms with Gasteiger partial charge in [-0.1, -0.05) is 0 Å². The number of hydrogen-bond acceptors (Lipinski definition) is 3. The third-order valence-electron chi connectivity index (χ3n) is 1.86. The van der Waals surface area contributed by atoms with E-state index in [-0.39, 0.29) is 6.61 Å². The first-order chi connectivity index (χ1) is 7.87. The highest BCUT2D eigenvalue weighted by atomic mass is 79.9. The fraction of sp³-hybridized carbons (Fsp3) is 0.500. The van der Waals surface area contributed by atoms with E-state index in [1.165, 1.54) is 0 Å². The van der Waals surface area contributed by atoms with E-state index in [4.69, 9.17) is 5.73 Å². The highest BCUT2D eigenvalue weighted by Gasteiger charge is 2.27. The standard InChI is InChI=1S/C10H12BrF3N2O/c11-8-1-7(3-16-4-8)2-9(15)5-17-6-10(12,13)14/h1,3-4,9H,2,5-6,15H2. The van der Waals surface area contributed by atoms with E-state index < -0.39 is 18.8 Å². The molecule has 7 heteroatoms. The lowest BCUT2D eigenvalue weighted by Gasteiger charge is -2.13. The van der Waals surface area contributed by atoms with Crippen molar-refractivity contribution >= 4 is 15.9 Å². The summed E-state index contributed by atoms with van der Waals surface area (Å²) in [4.78, 5) is 3.93. The topological polar surface area (TPSA) is 48.1 Å². The van der Waals surface area contributed by atoms with Crippen LogP contribution in [0.2, 0.25) is 0 Å². The molecule has 0 aromatic carbocycles. The third-order valence-corrected chi connectivity index (χ3v) is 2.29. The van der Waals surface area contributed by atoms with Crippen LogP contribution in [0.3, 0.4) is 0 Å². The number of hydrogen-bond donors (Lipinski definition) is 1. The first-order valence-electron chi connectivity index (χ1n) is 4.86. The lowest BCUT2D eigenvalue weighted by molar-refractivity contribution is -0.174. The van der Waals surface area contributed by atoms with Crippen molar-refractivity contribution in [2.24, 2.45) is 5.73 Å². The summed E-state index contributed by atoms with van der Waals surface area (Å²) in [7, 11) is 0. The highest BCUT2D eigenvalue weighted by molar-refractivity contribution is 9.10. The largest absolute Gasteiger partial charge is 0.411 e. The van der Waals surface area contributed by atoms with Gasteiger partial charge in [0.25, 0.3) is 0 Å². The molecule has 2 N–H and O–H groups in total. The molecular formula is C10H12BrF3N2O. The fourth-order valence-electron chi connectivity index (χ4n) is 1.26. The van der Waals surface area contributed by atoms with Gasteiger partial charge in [-0.3, -0.25) is 4.98 Å². The van der Waals surface area contributed by atoms with E-state index in [9.17, 15) is 13.2 Å². The Morgan fingerprint density at radius 1 is 1.41 bits per heavy atom. The molecule has 0 saturated heterocycles. The van der Waals surface area contributed by atoms with E-state index >= 15 is 0 Å². The third kappa shape index (κ3) is 6.60. The van der Waals surface area contributed by atoms with Gasteiger partial charge in [0.2, 0.25) is 0 Å². The molecule has 96 valence electrons. The Hall–Kier alpha value is -0.660. The van der Waals surface area contributed by atoms with E-state index in [2.05, 4.69) is 25.7 Å². The number of aromatic nitrogens is 1. The van der Waals surface area contributed by atoms with Gasteiger partial charge in [0.05, 0.1) is 6.61 Å². The Kier molecular flexibility index (Phi) is 5.35. The number of pyridine rings is 1. The first-order valence-corrected chi connectivity index (χ1v) is 5.65. The van der Waals surface area contributed by atoms with Crippen LogP contribution in [0.15, 0.2) is 22.9 Å². The molecule has 0 spiro atoms. The van der Waals surface area contributed by atoms with Crippen molar-refractivity contribution in [3.05, 3.63) is 28.5 Å². The van der Waals surface area contributed by atoms with Gasteiger partial charge in [-0.25, -0.2) is 0 Å². The monoisotopic (exact) mass is 312 g/mol. The Balaban J connectivity index is 2.32. The van der Waals surface area contributed by atoms with Crippen molar-refractivity contribution in [3.8, 4) is 0 Å². The summed E-state index contributed by atoms with van der Waals surface area (Å²) in [5.74, 6) is 0. The maximum atomic E-state index is 11.8. The molecule has 0 fully saturated rings. The van der Waals surface area contributed by atoms with Crippen molar-refractivity contribution < 1.29 is 17.9 Å².